The number of nitrogens with zero attached hydrogens (tertiary/aromatic N) is 2. The van der Waals surface area contributed by atoms with Gasteiger partial charge < -0.3 is 4.74 Å². The predicted octanol–water partition coefficient (Wildman–Crippen LogP) is 5.91. The summed E-state index contributed by atoms with van der Waals surface area (Å²) in [6.45, 7) is 3.38. The number of hydrogen-bond acceptors (Lipinski definition) is 5. The van der Waals surface area contributed by atoms with Crippen LogP contribution in [0, 0.1) is 0 Å². The maximum absolute atomic E-state index is 12.4. The molecular weight excluding hydrogens is 409 g/mol. The molecule has 1 atom stereocenters. The van der Waals surface area contributed by atoms with Gasteiger partial charge in [-0.2, -0.15) is 0 Å². The number of hydrogen-bond donors (Lipinski definition) is 0. The minimum atomic E-state index is -4.72. The topological polar surface area (TPSA) is 61.3 Å². The molecule has 31 heavy (non-hydrogen) atoms. The van der Waals surface area contributed by atoms with E-state index < -0.39 is 18.4 Å². The van der Waals surface area contributed by atoms with E-state index >= 15 is 0 Å². The Balaban J connectivity index is 1.63. The summed E-state index contributed by atoms with van der Waals surface area (Å²) in [5.74, 6) is 0.190. The lowest BCUT2D eigenvalue weighted by atomic mass is 10.1. The molecule has 3 rings (SSSR count). The number of aromatic nitrogens is 2. The monoisotopic (exact) mass is 430 g/mol. The van der Waals surface area contributed by atoms with Gasteiger partial charge in [-0.1, -0.05) is 37.6 Å². The molecule has 0 aliphatic heterocycles. The summed E-state index contributed by atoms with van der Waals surface area (Å²) in [6.07, 6.45) is -0.380. The Bertz CT molecular complexity index is 1000. The van der Waals surface area contributed by atoms with Crippen molar-refractivity contribution >= 4 is 5.97 Å². The average Bonchev–Trinajstić information content (AvgIpc) is 2.74. The molecule has 0 radical (unpaired) electrons. The van der Waals surface area contributed by atoms with Crippen LogP contribution in [0.1, 0.15) is 47.9 Å². The van der Waals surface area contributed by atoms with Gasteiger partial charge in [0.15, 0.2) is 5.82 Å². The maximum atomic E-state index is 12.4. The van der Waals surface area contributed by atoms with E-state index in [2.05, 4.69) is 21.6 Å². The Labute approximate surface area is 177 Å². The van der Waals surface area contributed by atoms with Crippen molar-refractivity contribution in [3.05, 3.63) is 77.6 Å². The van der Waals surface area contributed by atoms with Crippen LogP contribution in [-0.2, 0) is 11.2 Å². The number of carbonyl (C=O) groups is 1. The van der Waals surface area contributed by atoms with Gasteiger partial charge in [0.25, 0.3) is 0 Å². The van der Waals surface area contributed by atoms with Gasteiger partial charge in [-0.05, 0) is 48.7 Å². The third-order valence-electron chi connectivity index (χ3n) is 4.49. The zero-order chi connectivity index (χ0) is 22.4. The molecular formula is C23H21F3N2O3. The second-order valence-electron chi connectivity index (χ2n) is 6.91. The molecule has 0 aliphatic rings. The van der Waals surface area contributed by atoms with E-state index in [0.717, 1.165) is 24.0 Å². The highest BCUT2D eigenvalue weighted by atomic mass is 19.4. The van der Waals surface area contributed by atoms with E-state index in [1.165, 1.54) is 31.2 Å². The van der Waals surface area contributed by atoms with Gasteiger partial charge in [-0.25, -0.2) is 14.8 Å². The Morgan fingerprint density at radius 1 is 1.00 bits per heavy atom. The SMILES string of the molecule is CCCc1cnc(-c2ccc(C(=O)Oc3ccc(C(C)OC(F)(F)F)cc3)cc2)nc1. The first-order chi connectivity index (χ1) is 14.7. The van der Waals surface area contributed by atoms with Crippen LogP contribution in [0.2, 0.25) is 0 Å². The van der Waals surface area contributed by atoms with Crippen LogP contribution in [0.5, 0.6) is 5.75 Å². The third kappa shape index (κ3) is 6.36. The standard InChI is InChI=1S/C23H21F3N2O3/c1-3-4-16-13-27-21(28-14-16)18-5-7-19(8-6-18)22(29)30-20-11-9-17(10-12-20)15(2)31-23(24,25)26/h5-15H,3-4H2,1-2H3. The van der Waals surface area contributed by atoms with Gasteiger partial charge in [-0.3, -0.25) is 4.74 Å². The van der Waals surface area contributed by atoms with Gasteiger partial charge in [0.05, 0.1) is 11.7 Å². The van der Waals surface area contributed by atoms with Crippen LogP contribution >= 0.6 is 0 Å². The summed E-state index contributed by atoms with van der Waals surface area (Å²) in [7, 11) is 0. The highest BCUT2D eigenvalue weighted by Gasteiger charge is 2.32. The molecule has 3 aromatic rings. The van der Waals surface area contributed by atoms with Crippen molar-refractivity contribution in [2.75, 3.05) is 0 Å². The zero-order valence-corrected chi connectivity index (χ0v) is 17.0. The van der Waals surface area contributed by atoms with Gasteiger partial charge in [0.1, 0.15) is 5.75 Å². The van der Waals surface area contributed by atoms with Crippen molar-refractivity contribution in [2.24, 2.45) is 0 Å². The van der Waals surface area contributed by atoms with E-state index in [4.69, 9.17) is 4.74 Å². The van der Waals surface area contributed by atoms with E-state index in [1.807, 2.05) is 0 Å². The van der Waals surface area contributed by atoms with Crippen molar-refractivity contribution in [3.8, 4) is 17.1 Å². The molecule has 0 spiro atoms. The maximum Gasteiger partial charge on any atom is 0.523 e. The summed E-state index contributed by atoms with van der Waals surface area (Å²) in [6, 6.07) is 12.3. The van der Waals surface area contributed by atoms with Gasteiger partial charge in [0, 0.05) is 18.0 Å². The lowest BCUT2D eigenvalue weighted by molar-refractivity contribution is -0.342. The molecule has 1 heterocycles. The number of rotatable bonds is 7. The van der Waals surface area contributed by atoms with Crippen LogP contribution in [-0.4, -0.2) is 22.3 Å². The first kappa shape index (κ1) is 22.4. The fourth-order valence-corrected chi connectivity index (χ4v) is 2.92. The van der Waals surface area contributed by atoms with Crippen molar-refractivity contribution in [1.29, 1.82) is 0 Å². The second kappa shape index (κ2) is 9.70. The van der Waals surface area contributed by atoms with Crippen molar-refractivity contribution < 1.29 is 27.4 Å². The lowest BCUT2D eigenvalue weighted by Crippen LogP contribution is -2.16. The predicted molar refractivity (Wildman–Crippen MR) is 108 cm³/mol. The number of alkyl halides is 3. The first-order valence-corrected chi connectivity index (χ1v) is 9.73. The molecule has 0 saturated heterocycles. The van der Waals surface area contributed by atoms with Crippen LogP contribution in [0.4, 0.5) is 13.2 Å². The van der Waals surface area contributed by atoms with Crippen LogP contribution < -0.4 is 4.74 Å². The Kier molecular flexibility index (Phi) is 7.02. The van der Waals surface area contributed by atoms with Crippen LogP contribution in [0.25, 0.3) is 11.4 Å². The van der Waals surface area contributed by atoms with E-state index in [1.54, 1.807) is 36.7 Å². The summed E-state index contributed by atoms with van der Waals surface area (Å²) in [5.41, 5.74) is 2.47. The minimum absolute atomic E-state index is 0.215. The van der Waals surface area contributed by atoms with E-state index in [-0.39, 0.29) is 5.75 Å². The largest absolute Gasteiger partial charge is 0.523 e. The highest BCUT2D eigenvalue weighted by molar-refractivity contribution is 5.91. The summed E-state index contributed by atoms with van der Waals surface area (Å²) >= 11 is 0. The number of benzene rings is 2. The molecule has 0 fully saturated rings. The Morgan fingerprint density at radius 3 is 2.16 bits per heavy atom. The molecule has 0 amide bonds. The van der Waals surface area contributed by atoms with Gasteiger partial charge in [-0.15, -0.1) is 13.2 Å². The summed E-state index contributed by atoms with van der Waals surface area (Å²) in [4.78, 5) is 21.1. The number of aryl methyl sites for hydroxylation is 1. The molecule has 0 N–H and O–H groups in total. The molecule has 1 unspecified atom stereocenters. The highest BCUT2D eigenvalue weighted by Crippen LogP contribution is 2.28. The molecule has 1 aromatic heterocycles. The molecule has 0 bridgehead atoms. The smallest absolute Gasteiger partial charge is 0.423 e. The number of ether oxygens (including phenoxy) is 2. The van der Waals surface area contributed by atoms with Crippen LogP contribution in [0.3, 0.4) is 0 Å². The zero-order valence-electron chi connectivity index (χ0n) is 17.0. The van der Waals surface area contributed by atoms with E-state index in [9.17, 15) is 18.0 Å². The molecule has 0 aliphatic carbocycles. The number of carbonyl (C=O) groups excluding carboxylic acids is 1. The molecule has 8 heteroatoms. The van der Waals surface area contributed by atoms with Crippen molar-refractivity contribution in [1.82, 2.24) is 9.97 Å². The molecule has 162 valence electrons. The second-order valence-corrected chi connectivity index (χ2v) is 6.91. The van der Waals surface area contributed by atoms with E-state index in [0.29, 0.717) is 17.0 Å². The third-order valence-corrected chi connectivity index (χ3v) is 4.49. The van der Waals surface area contributed by atoms with Crippen molar-refractivity contribution in [3.63, 3.8) is 0 Å². The minimum Gasteiger partial charge on any atom is -0.423 e. The van der Waals surface area contributed by atoms with Crippen LogP contribution in [0.15, 0.2) is 60.9 Å². The Morgan fingerprint density at radius 2 is 1.61 bits per heavy atom. The summed E-state index contributed by atoms with van der Waals surface area (Å²) in [5, 5.41) is 0. The first-order valence-electron chi connectivity index (χ1n) is 9.73. The number of esters is 1. The normalized spacial score (nSPS) is 12.4. The molecule has 5 nitrogen and oxygen atoms in total. The molecule has 0 saturated carbocycles. The Hall–Kier alpha value is -3.26. The summed E-state index contributed by atoms with van der Waals surface area (Å²) < 4.78 is 46.2. The fourth-order valence-electron chi connectivity index (χ4n) is 2.92. The van der Waals surface area contributed by atoms with Gasteiger partial charge in [0.2, 0.25) is 0 Å². The quantitative estimate of drug-likeness (QED) is 0.344. The lowest BCUT2D eigenvalue weighted by Gasteiger charge is -2.15. The fraction of sp³-hybridized carbons (Fsp3) is 0.261. The average molecular weight is 430 g/mol. The molecule has 2 aromatic carbocycles. The van der Waals surface area contributed by atoms with Gasteiger partial charge >= 0.3 is 12.3 Å². The number of halogens is 3. The van der Waals surface area contributed by atoms with Crippen molar-refractivity contribution in [2.45, 2.75) is 39.2 Å².